The van der Waals surface area contributed by atoms with Crippen molar-refractivity contribution in [1.29, 1.82) is 0 Å². The van der Waals surface area contributed by atoms with Gasteiger partial charge in [-0.2, -0.15) is 0 Å². The molecule has 1 fully saturated rings. The Labute approximate surface area is 131 Å². The monoisotopic (exact) mass is 294 g/mol. The van der Waals surface area contributed by atoms with Crippen LogP contribution in [0.4, 0.5) is 0 Å². The van der Waals surface area contributed by atoms with Crippen molar-refractivity contribution in [2.24, 2.45) is 5.92 Å². The first-order valence-corrected chi connectivity index (χ1v) is 7.93. The number of aliphatic hydroxyl groups is 1. The van der Waals surface area contributed by atoms with Crippen LogP contribution in [0.5, 0.6) is 0 Å². The maximum Gasteiger partial charge on any atom is 0.135 e. The highest BCUT2D eigenvalue weighted by atomic mass is 16.3. The average molecular weight is 294 g/mol. The van der Waals surface area contributed by atoms with E-state index in [2.05, 4.69) is 24.3 Å². The summed E-state index contributed by atoms with van der Waals surface area (Å²) in [4.78, 5) is 11.7. The smallest absolute Gasteiger partial charge is 0.135 e. The van der Waals surface area contributed by atoms with E-state index in [1.54, 1.807) is 6.92 Å². The zero-order valence-electron chi connectivity index (χ0n) is 12.9. The number of carbonyl (C=O) groups excluding carboxylic acids is 1. The van der Waals surface area contributed by atoms with E-state index >= 15 is 0 Å². The molecule has 0 bridgehead atoms. The fourth-order valence-corrected chi connectivity index (χ4v) is 3.88. The van der Waals surface area contributed by atoms with Crippen LogP contribution in [-0.2, 0) is 10.2 Å². The Bertz CT molecular complexity index is 594. The first-order valence-electron chi connectivity index (χ1n) is 7.93. The van der Waals surface area contributed by atoms with Gasteiger partial charge in [0.1, 0.15) is 5.78 Å². The Morgan fingerprint density at radius 2 is 1.50 bits per heavy atom. The Morgan fingerprint density at radius 1 is 1.00 bits per heavy atom. The van der Waals surface area contributed by atoms with Crippen LogP contribution >= 0.6 is 0 Å². The van der Waals surface area contributed by atoms with Crippen LogP contribution in [0, 0.1) is 5.92 Å². The molecule has 3 rings (SSSR count). The first kappa shape index (κ1) is 15.0. The number of carbonyl (C=O) groups is 1. The van der Waals surface area contributed by atoms with Crippen molar-refractivity contribution in [2.75, 3.05) is 0 Å². The Morgan fingerprint density at radius 3 is 1.91 bits per heavy atom. The predicted octanol–water partition coefficient (Wildman–Crippen LogP) is 3.72. The van der Waals surface area contributed by atoms with Crippen LogP contribution in [0.2, 0.25) is 0 Å². The predicted molar refractivity (Wildman–Crippen MR) is 87.7 cm³/mol. The number of hydrogen-bond donors (Lipinski definition) is 1. The molecule has 2 atom stereocenters. The van der Waals surface area contributed by atoms with Gasteiger partial charge in [0, 0.05) is 11.3 Å². The van der Waals surface area contributed by atoms with E-state index in [9.17, 15) is 9.90 Å². The van der Waals surface area contributed by atoms with Gasteiger partial charge in [-0.05, 0) is 37.3 Å². The topological polar surface area (TPSA) is 37.3 Å². The molecule has 2 nitrogen and oxygen atoms in total. The molecule has 1 aliphatic carbocycles. The molecule has 0 spiro atoms. The summed E-state index contributed by atoms with van der Waals surface area (Å²) < 4.78 is 0. The zero-order valence-corrected chi connectivity index (χ0v) is 12.9. The normalized spacial score (nSPS) is 23.9. The van der Waals surface area contributed by atoms with E-state index in [1.165, 1.54) is 11.1 Å². The molecule has 0 aromatic heterocycles. The molecule has 22 heavy (non-hydrogen) atoms. The maximum absolute atomic E-state index is 11.7. The van der Waals surface area contributed by atoms with Gasteiger partial charge in [-0.15, -0.1) is 0 Å². The lowest BCUT2D eigenvalue weighted by atomic mass is 9.61. The highest BCUT2D eigenvalue weighted by Gasteiger charge is 2.43. The Balaban J connectivity index is 2.05. The largest absolute Gasteiger partial charge is 0.392 e. The molecule has 114 valence electrons. The second-order valence-electron chi connectivity index (χ2n) is 6.34. The van der Waals surface area contributed by atoms with Gasteiger partial charge < -0.3 is 5.11 Å². The minimum absolute atomic E-state index is 0.0993. The van der Waals surface area contributed by atoms with Crippen LogP contribution in [0.3, 0.4) is 0 Å². The summed E-state index contributed by atoms with van der Waals surface area (Å²) >= 11 is 0. The van der Waals surface area contributed by atoms with Crippen LogP contribution < -0.4 is 0 Å². The van der Waals surface area contributed by atoms with Crippen molar-refractivity contribution in [1.82, 2.24) is 0 Å². The molecule has 0 saturated heterocycles. The van der Waals surface area contributed by atoms with Crippen molar-refractivity contribution in [3.05, 3.63) is 71.8 Å². The van der Waals surface area contributed by atoms with E-state index < -0.39 is 6.10 Å². The summed E-state index contributed by atoms with van der Waals surface area (Å²) in [6.07, 6.45) is 1.65. The average Bonchev–Trinajstić information content (AvgIpc) is 2.56. The highest BCUT2D eigenvalue weighted by molar-refractivity contribution is 5.79. The van der Waals surface area contributed by atoms with Gasteiger partial charge in [0.15, 0.2) is 0 Å². The summed E-state index contributed by atoms with van der Waals surface area (Å²) in [5.74, 6) is -0.122. The summed E-state index contributed by atoms with van der Waals surface area (Å²) in [5, 5.41) is 10.6. The summed E-state index contributed by atoms with van der Waals surface area (Å²) in [6, 6.07) is 20.7. The van der Waals surface area contributed by atoms with Gasteiger partial charge in [0.25, 0.3) is 0 Å². The van der Waals surface area contributed by atoms with Gasteiger partial charge in [0.05, 0.1) is 6.10 Å². The maximum atomic E-state index is 11.7. The molecule has 2 heteroatoms. The molecule has 0 radical (unpaired) electrons. The van der Waals surface area contributed by atoms with Crippen LogP contribution in [0.1, 0.15) is 37.3 Å². The minimum atomic E-state index is -0.577. The highest BCUT2D eigenvalue weighted by Crippen LogP contribution is 2.46. The van der Waals surface area contributed by atoms with Gasteiger partial charge in [-0.1, -0.05) is 60.7 Å². The van der Waals surface area contributed by atoms with Gasteiger partial charge in [-0.3, -0.25) is 4.79 Å². The fraction of sp³-hybridized carbons (Fsp3) is 0.350. The van der Waals surface area contributed by atoms with Crippen LogP contribution in [0.25, 0.3) is 0 Å². The van der Waals surface area contributed by atoms with Gasteiger partial charge >= 0.3 is 0 Å². The van der Waals surface area contributed by atoms with E-state index in [0.717, 1.165) is 12.8 Å². The molecular formula is C20H22O2. The Hall–Kier alpha value is -1.93. The van der Waals surface area contributed by atoms with Crippen molar-refractivity contribution in [3.63, 3.8) is 0 Å². The molecule has 0 heterocycles. The minimum Gasteiger partial charge on any atom is -0.392 e. The molecule has 0 aliphatic heterocycles. The van der Waals surface area contributed by atoms with Crippen molar-refractivity contribution < 1.29 is 9.90 Å². The van der Waals surface area contributed by atoms with E-state index in [1.807, 2.05) is 36.4 Å². The third-order valence-electron chi connectivity index (χ3n) is 5.08. The molecule has 1 aliphatic rings. The standard InChI is InChI=1S/C20H22O2/c1-15(21)18-12-13-20(14-19(18)22,16-8-4-2-5-9-16)17-10-6-3-7-11-17/h2-11,18-19,22H,12-14H2,1H3/t18-,19-/m0/s1. The molecule has 0 amide bonds. The molecular weight excluding hydrogens is 272 g/mol. The molecule has 1 N–H and O–H groups in total. The molecule has 1 saturated carbocycles. The third-order valence-corrected chi connectivity index (χ3v) is 5.08. The lowest BCUT2D eigenvalue weighted by Gasteiger charge is -2.43. The lowest BCUT2D eigenvalue weighted by Crippen LogP contribution is -2.43. The van der Waals surface area contributed by atoms with Crippen molar-refractivity contribution in [2.45, 2.75) is 37.7 Å². The SMILES string of the molecule is CC(=O)[C@@H]1CCC(c2ccccc2)(c2ccccc2)C[C@@H]1O. The van der Waals surface area contributed by atoms with E-state index in [0.29, 0.717) is 6.42 Å². The number of ketones is 1. The summed E-state index contributed by atoms with van der Waals surface area (Å²) in [5.41, 5.74) is 2.25. The van der Waals surface area contributed by atoms with Crippen LogP contribution in [0.15, 0.2) is 60.7 Å². The lowest BCUT2D eigenvalue weighted by molar-refractivity contribution is -0.126. The number of rotatable bonds is 3. The van der Waals surface area contributed by atoms with Gasteiger partial charge in [-0.25, -0.2) is 0 Å². The Kier molecular flexibility index (Phi) is 4.12. The number of benzene rings is 2. The van der Waals surface area contributed by atoms with Crippen LogP contribution in [-0.4, -0.2) is 17.0 Å². The van der Waals surface area contributed by atoms with E-state index in [4.69, 9.17) is 0 Å². The molecule has 0 unspecified atom stereocenters. The second kappa shape index (κ2) is 6.05. The number of Topliss-reactive ketones (excluding diaryl/α,β-unsaturated/α-hetero) is 1. The second-order valence-corrected chi connectivity index (χ2v) is 6.34. The van der Waals surface area contributed by atoms with Gasteiger partial charge in [0.2, 0.25) is 0 Å². The zero-order chi connectivity index (χ0) is 15.6. The number of aliphatic hydroxyl groups excluding tert-OH is 1. The quantitative estimate of drug-likeness (QED) is 0.936. The summed E-state index contributed by atoms with van der Waals surface area (Å²) in [6.45, 7) is 1.59. The number of hydrogen-bond acceptors (Lipinski definition) is 2. The van der Waals surface area contributed by atoms with Crippen molar-refractivity contribution in [3.8, 4) is 0 Å². The summed E-state index contributed by atoms with van der Waals surface area (Å²) in [7, 11) is 0. The molecule has 2 aromatic carbocycles. The third kappa shape index (κ3) is 2.59. The van der Waals surface area contributed by atoms with E-state index in [-0.39, 0.29) is 17.1 Å². The first-order chi connectivity index (χ1) is 10.6. The fourth-order valence-electron chi connectivity index (χ4n) is 3.88. The van der Waals surface area contributed by atoms with Crippen molar-refractivity contribution >= 4 is 5.78 Å². The molecule has 2 aromatic rings.